The van der Waals surface area contributed by atoms with Crippen LogP contribution in [0.15, 0.2) is 24.7 Å². The van der Waals surface area contributed by atoms with E-state index in [2.05, 4.69) is 15.2 Å². The van der Waals surface area contributed by atoms with Crippen LogP contribution in [0.3, 0.4) is 0 Å². The van der Waals surface area contributed by atoms with E-state index < -0.39 is 0 Å². The van der Waals surface area contributed by atoms with Gasteiger partial charge in [0.25, 0.3) is 0 Å². The first-order valence-corrected chi connectivity index (χ1v) is 4.33. The zero-order chi connectivity index (χ0) is 9.97. The molecule has 0 aliphatic carbocycles. The molecule has 0 amide bonds. The summed E-state index contributed by atoms with van der Waals surface area (Å²) in [6, 6.07) is 1.90. The summed E-state index contributed by atoms with van der Waals surface area (Å²) in [4.78, 5) is 4.11. The first-order valence-electron chi connectivity index (χ1n) is 4.33. The molecule has 0 bridgehead atoms. The lowest BCUT2D eigenvalue weighted by Gasteiger charge is -2.03. The molecular formula is C9H11N5. The van der Waals surface area contributed by atoms with Crippen LogP contribution in [0.4, 0.5) is 0 Å². The van der Waals surface area contributed by atoms with Crippen LogP contribution < -0.4 is 5.73 Å². The highest BCUT2D eigenvalue weighted by Gasteiger charge is 2.02. The van der Waals surface area contributed by atoms with E-state index in [-0.39, 0.29) is 0 Å². The Hall–Kier alpha value is -1.75. The summed E-state index contributed by atoms with van der Waals surface area (Å²) >= 11 is 0. The molecule has 2 aromatic rings. The Morgan fingerprint density at radius 1 is 1.50 bits per heavy atom. The average Bonchev–Trinajstić information content (AvgIpc) is 2.65. The Balaban J connectivity index is 2.47. The molecular weight excluding hydrogens is 178 g/mol. The van der Waals surface area contributed by atoms with Gasteiger partial charge in [-0.3, -0.25) is 4.57 Å². The summed E-state index contributed by atoms with van der Waals surface area (Å²) in [5, 5.41) is 7.88. The summed E-state index contributed by atoms with van der Waals surface area (Å²) in [5.41, 5.74) is 6.48. The quantitative estimate of drug-likeness (QED) is 0.743. The van der Waals surface area contributed by atoms with Crippen LogP contribution >= 0.6 is 0 Å². The van der Waals surface area contributed by atoms with Gasteiger partial charge in [-0.15, -0.1) is 5.10 Å². The summed E-state index contributed by atoms with van der Waals surface area (Å²) in [6.45, 7) is 2.38. The molecule has 0 saturated carbocycles. The second kappa shape index (κ2) is 3.55. The van der Waals surface area contributed by atoms with Gasteiger partial charge in [-0.1, -0.05) is 0 Å². The van der Waals surface area contributed by atoms with E-state index in [1.54, 1.807) is 12.4 Å². The van der Waals surface area contributed by atoms with Gasteiger partial charge in [0.15, 0.2) is 5.82 Å². The number of hydrogen-bond acceptors (Lipinski definition) is 4. The number of aromatic nitrogens is 4. The number of nitrogens with zero attached hydrogens (tertiary/aromatic N) is 4. The maximum Gasteiger partial charge on any atom is 0.161 e. The molecule has 0 aromatic carbocycles. The van der Waals surface area contributed by atoms with Crippen LogP contribution in [0.5, 0.6) is 0 Å². The van der Waals surface area contributed by atoms with Crippen molar-refractivity contribution in [2.75, 3.05) is 0 Å². The van der Waals surface area contributed by atoms with E-state index in [0.29, 0.717) is 6.54 Å². The third kappa shape index (κ3) is 1.49. The maximum absolute atomic E-state index is 5.52. The summed E-state index contributed by atoms with van der Waals surface area (Å²) in [6.07, 6.45) is 5.24. The molecule has 2 rings (SSSR count). The predicted octanol–water partition coefficient (Wildman–Crippen LogP) is 0.429. The van der Waals surface area contributed by atoms with Crippen LogP contribution in [0.1, 0.15) is 11.4 Å². The van der Waals surface area contributed by atoms with Crippen LogP contribution in [-0.4, -0.2) is 19.7 Å². The monoisotopic (exact) mass is 189 g/mol. The van der Waals surface area contributed by atoms with Crippen molar-refractivity contribution in [3.63, 3.8) is 0 Å². The van der Waals surface area contributed by atoms with Gasteiger partial charge in [0.05, 0.1) is 6.20 Å². The highest BCUT2D eigenvalue weighted by Crippen LogP contribution is 2.07. The normalized spacial score (nSPS) is 10.4. The first kappa shape index (κ1) is 8.83. The second-order valence-corrected chi connectivity index (χ2v) is 2.97. The van der Waals surface area contributed by atoms with Gasteiger partial charge < -0.3 is 5.73 Å². The van der Waals surface area contributed by atoms with Crippen molar-refractivity contribution in [3.8, 4) is 5.82 Å². The largest absolute Gasteiger partial charge is 0.326 e. The van der Waals surface area contributed by atoms with Gasteiger partial charge >= 0.3 is 0 Å². The van der Waals surface area contributed by atoms with Crippen molar-refractivity contribution >= 4 is 0 Å². The molecule has 2 aromatic heterocycles. The molecule has 0 aliphatic rings. The number of rotatable bonds is 2. The smallest absolute Gasteiger partial charge is 0.161 e. The minimum absolute atomic E-state index is 0.469. The molecule has 0 atom stereocenters. The summed E-state index contributed by atoms with van der Waals surface area (Å²) < 4.78 is 1.87. The molecule has 5 heteroatoms. The van der Waals surface area contributed by atoms with E-state index in [9.17, 15) is 0 Å². The van der Waals surface area contributed by atoms with E-state index in [0.717, 1.165) is 17.2 Å². The zero-order valence-electron chi connectivity index (χ0n) is 7.88. The van der Waals surface area contributed by atoms with Crippen molar-refractivity contribution in [1.29, 1.82) is 0 Å². The van der Waals surface area contributed by atoms with Crippen molar-refractivity contribution in [2.45, 2.75) is 13.5 Å². The zero-order valence-corrected chi connectivity index (χ0v) is 7.88. The van der Waals surface area contributed by atoms with E-state index in [4.69, 9.17) is 5.73 Å². The fourth-order valence-corrected chi connectivity index (χ4v) is 1.24. The number of imidazole rings is 1. The van der Waals surface area contributed by atoms with Gasteiger partial charge in [-0.25, -0.2) is 4.98 Å². The van der Waals surface area contributed by atoms with Crippen molar-refractivity contribution < 1.29 is 0 Å². The van der Waals surface area contributed by atoms with E-state index >= 15 is 0 Å². The van der Waals surface area contributed by atoms with Gasteiger partial charge in [0, 0.05) is 18.9 Å². The van der Waals surface area contributed by atoms with Crippen molar-refractivity contribution in [1.82, 2.24) is 19.7 Å². The lowest BCUT2D eigenvalue weighted by molar-refractivity contribution is 0.862. The first-order chi connectivity index (χ1) is 6.81. The minimum Gasteiger partial charge on any atom is -0.326 e. The molecule has 72 valence electrons. The Morgan fingerprint density at radius 3 is 3.00 bits per heavy atom. The van der Waals surface area contributed by atoms with E-state index in [1.165, 1.54) is 0 Å². The lowest BCUT2D eigenvalue weighted by Crippen LogP contribution is -2.04. The molecule has 2 heterocycles. The highest BCUT2D eigenvalue weighted by molar-refractivity contribution is 5.26. The van der Waals surface area contributed by atoms with Gasteiger partial charge in [-0.05, 0) is 18.6 Å². The highest BCUT2D eigenvalue weighted by atomic mass is 15.2. The standard InChI is InChI=1S/C9H11N5/c1-7-11-2-3-14(7)9-4-8(5-10)6-12-13-9/h2-4,6H,5,10H2,1H3. The van der Waals surface area contributed by atoms with E-state index in [1.807, 2.05) is 23.8 Å². The molecule has 0 fully saturated rings. The van der Waals surface area contributed by atoms with Gasteiger partial charge in [0.1, 0.15) is 5.82 Å². The fourth-order valence-electron chi connectivity index (χ4n) is 1.24. The Labute approximate surface area is 81.6 Å². The average molecular weight is 189 g/mol. The summed E-state index contributed by atoms with van der Waals surface area (Å²) in [7, 11) is 0. The predicted molar refractivity (Wildman–Crippen MR) is 51.8 cm³/mol. The fraction of sp³-hybridized carbons (Fsp3) is 0.222. The molecule has 0 unspecified atom stereocenters. The SMILES string of the molecule is Cc1nccn1-c1cc(CN)cnn1. The van der Waals surface area contributed by atoms with Gasteiger partial charge in [0.2, 0.25) is 0 Å². The van der Waals surface area contributed by atoms with Crippen LogP contribution in [-0.2, 0) is 6.54 Å². The molecule has 2 N–H and O–H groups in total. The Bertz CT molecular complexity index is 434. The molecule has 5 nitrogen and oxygen atoms in total. The molecule has 0 spiro atoms. The second-order valence-electron chi connectivity index (χ2n) is 2.97. The molecule has 0 radical (unpaired) electrons. The molecule has 14 heavy (non-hydrogen) atoms. The van der Waals surface area contributed by atoms with Crippen LogP contribution in [0, 0.1) is 6.92 Å². The topological polar surface area (TPSA) is 69.6 Å². The van der Waals surface area contributed by atoms with Crippen molar-refractivity contribution in [2.24, 2.45) is 5.73 Å². The number of aryl methyl sites for hydroxylation is 1. The molecule has 0 saturated heterocycles. The summed E-state index contributed by atoms with van der Waals surface area (Å²) in [5.74, 6) is 1.64. The van der Waals surface area contributed by atoms with Crippen LogP contribution in [0.25, 0.3) is 5.82 Å². The van der Waals surface area contributed by atoms with Crippen molar-refractivity contribution in [3.05, 3.63) is 36.0 Å². The lowest BCUT2D eigenvalue weighted by atomic mass is 10.3. The number of hydrogen-bond donors (Lipinski definition) is 1. The third-order valence-electron chi connectivity index (χ3n) is 2.01. The Kier molecular flexibility index (Phi) is 2.24. The third-order valence-corrected chi connectivity index (χ3v) is 2.01. The maximum atomic E-state index is 5.52. The van der Waals surface area contributed by atoms with Gasteiger partial charge in [-0.2, -0.15) is 5.10 Å². The minimum atomic E-state index is 0.469. The Morgan fingerprint density at radius 2 is 2.36 bits per heavy atom. The number of nitrogens with two attached hydrogens (primary N) is 1. The molecule has 0 aliphatic heterocycles. The van der Waals surface area contributed by atoms with Crippen LogP contribution in [0.2, 0.25) is 0 Å².